The van der Waals surface area contributed by atoms with Gasteiger partial charge in [0.25, 0.3) is 0 Å². The van der Waals surface area contributed by atoms with Crippen LogP contribution in [0.1, 0.15) is 33.0 Å². The Hall–Kier alpha value is -2.10. The van der Waals surface area contributed by atoms with E-state index in [4.69, 9.17) is 26.2 Å². The highest BCUT2D eigenvalue weighted by molar-refractivity contribution is 7.14. The number of aliphatic hydroxyl groups is 3. The number of thiophene rings is 1. The van der Waals surface area contributed by atoms with Gasteiger partial charge >= 0.3 is 5.97 Å². The molecule has 1 atom stereocenters. The number of benzene rings is 1. The van der Waals surface area contributed by atoms with Crippen molar-refractivity contribution in [2.24, 2.45) is 5.73 Å². The van der Waals surface area contributed by atoms with Crippen LogP contribution in [-0.4, -0.2) is 57.5 Å². The first kappa shape index (κ1) is 21.9. The van der Waals surface area contributed by atoms with Gasteiger partial charge in [-0.2, -0.15) is 0 Å². The van der Waals surface area contributed by atoms with Crippen LogP contribution in [0.3, 0.4) is 0 Å². The zero-order chi connectivity index (χ0) is 19.7. The van der Waals surface area contributed by atoms with Gasteiger partial charge in [-0.3, -0.25) is 9.59 Å². The average Bonchev–Trinajstić information content (AvgIpc) is 3.17. The van der Waals surface area contributed by atoms with Crippen molar-refractivity contribution >= 4 is 23.1 Å². The van der Waals surface area contributed by atoms with E-state index in [0.717, 1.165) is 0 Å². The summed E-state index contributed by atoms with van der Waals surface area (Å²) in [6.07, 6.45) is 0. The molecule has 0 aliphatic carbocycles. The lowest BCUT2D eigenvalue weighted by Crippen LogP contribution is -2.50. The van der Waals surface area contributed by atoms with Crippen molar-refractivity contribution in [3.8, 4) is 0 Å². The van der Waals surface area contributed by atoms with Crippen LogP contribution in [0.4, 0.5) is 0 Å². The fraction of sp³-hybridized carbons (Fsp3) is 0.333. The second-order valence-corrected chi connectivity index (χ2v) is 6.91. The lowest BCUT2D eigenvalue weighted by molar-refractivity contribution is -0.138. The quantitative estimate of drug-likeness (QED) is 0.447. The van der Waals surface area contributed by atoms with Crippen molar-refractivity contribution in [2.75, 3.05) is 19.8 Å². The van der Waals surface area contributed by atoms with Gasteiger partial charge < -0.3 is 26.2 Å². The molecule has 1 unspecified atom stereocenters. The molecule has 26 heavy (non-hydrogen) atoms. The Morgan fingerprint density at radius 3 is 2.00 bits per heavy atom. The van der Waals surface area contributed by atoms with Gasteiger partial charge in [-0.15, -0.1) is 11.3 Å². The second kappa shape index (κ2) is 10.1. The number of rotatable bonds is 7. The number of ketones is 1. The number of carboxylic acid groups (broad SMARTS) is 1. The number of aliphatic hydroxyl groups excluding tert-OH is 3. The molecule has 1 heterocycles. The maximum atomic E-state index is 12.1. The van der Waals surface area contributed by atoms with Crippen LogP contribution in [0.15, 0.2) is 42.5 Å². The van der Waals surface area contributed by atoms with Crippen LogP contribution in [-0.2, 0) is 4.79 Å². The highest BCUT2D eigenvalue weighted by Gasteiger charge is 2.21. The smallest absolute Gasteiger partial charge is 0.311 e. The first-order chi connectivity index (χ1) is 12.3. The molecule has 2 rings (SSSR count). The lowest BCUT2D eigenvalue weighted by atomic mass is 10.1. The highest BCUT2D eigenvalue weighted by Crippen LogP contribution is 2.26. The summed E-state index contributed by atoms with van der Waals surface area (Å²) in [6, 6.07) is 12.4. The first-order valence-electron chi connectivity index (χ1n) is 7.81. The van der Waals surface area contributed by atoms with Gasteiger partial charge in [-0.25, -0.2) is 0 Å². The highest BCUT2D eigenvalue weighted by atomic mass is 32.1. The summed E-state index contributed by atoms with van der Waals surface area (Å²) in [7, 11) is 0. The summed E-state index contributed by atoms with van der Waals surface area (Å²) >= 11 is 1.24. The molecule has 0 radical (unpaired) electrons. The van der Waals surface area contributed by atoms with Crippen LogP contribution < -0.4 is 5.73 Å². The molecule has 0 fully saturated rings. The number of carbonyl (C=O) groups is 2. The van der Waals surface area contributed by atoms with Gasteiger partial charge in [-0.05, 0) is 19.1 Å². The molecular formula is C18H23NO6S. The fourth-order valence-electron chi connectivity index (χ4n) is 1.71. The molecule has 1 aromatic carbocycles. The van der Waals surface area contributed by atoms with E-state index < -0.39 is 37.2 Å². The number of carboxylic acids is 1. The third kappa shape index (κ3) is 6.01. The third-order valence-corrected chi connectivity index (χ3v) is 4.90. The lowest BCUT2D eigenvalue weighted by Gasteiger charge is -2.20. The van der Waals surface area contributed by atoms with Crippen LogP contribution in [0, 0.1) is 0 Å². The Morgan fingerprint density at radius 1 is 1.04 bits per heavy atom. The van der Waals surface area contributed by atoms with E-state index in [-0.39, 0.29) is 5.78 Å². The summed E-state index contributed by atoms with van der Waals surface area (Å²) in [5, 5.41) is 33.9. The van der Waals surface area contributed by atoms with E-state index in [1.165, 1.54) is 11.3 Å². The van der Waals surface area contributed by atoms with Gasteiger partial charge in [0.1, 0.15) is 0 Å². The maximum absolute atomic E-state index is 12.1. The van der Waals surface area contributed by atoms with Crippen LogP contribution in [0.5, 0.6) is 0 Å². The van der Waals surface area contributed by atoms with Crippen LogP contribution >= 0.6 is 11.3 Å². The molecule has 0 bridgehead atoms. The summed E-state index contributed by atoms with van der Waals surface area (Å²) in [5.41, 5.74) is 4.56. The number of nitrogens with two attached hydrogens (primary N) is 1. The summed E-state index contributed by atoms with van der Waals surface area (Å²) in [4.78, 5) is 24.3. The third-order valence-electron chi connectivity index (χ3n) is 3.63. The van der Waals surface area contributed by atoms with Gasteiger partial charge in [0.05, 0.1) is 36.2 Å². The molecule has 142 valence electrons. The normalized spacial score (nSPS) is 12.0. The minimum absolute atomic E-state index is 0.0653. The van der Waals surface area contributed by atoms with E-state index in [9.17, 15) is 9.59 Å². The summed E-state index contributed by atoms with van der Waals surface area (Å²) in [6.45, 7) is 0.408. The average molecular weight is 381 g/mol. The summed E-state index contributed by atoms with van der Waals surface area (Å²) < 4.78 is 0. The maximum Gasteiger partial charge on any atom is 0.311 e. The zero-order valence-corrected chi connectivity index (χ0v) is 15.1. The molecule has 2 aromatic rings. The van der Waals surface area contributed by atoms with Crippen molar-refractivity contribution in [1.29, 1.82) is 0 Å². The molecule has 0 aliphatic heterocycles. The molecule has 0 saturated heterocycles. The Balaban J connectivity index is 0.000000359. The molecule has 0 aliphatic rings. The Bertz CT molecular complexity index is 703. The number of carbonyl (C=O) groups excluding carboxylic acids is 1. The van der Waals surface area contributed by atoms with Crippen molar-refractivity contribution in [3.05, 3.63) is 57.8 Å². The molecule has 0 amide bonds. The fourth-order valence-corrected chi connectivity index (χ4v) is 2.73. The molecule has 1 aromatic heterocycles. The van der Waals surface area contributed by atoms with Gasteiger partial charge in [-0.1, -0.05) is 30.3 Å². The van der Waals surface area contributed by atoms with E-state index in [0.29, 0.717) is 15.3 Å². The zero-order valence-electron chi connectivity index (χ0n) is 14.3. The molecule has 8 heteroatoms. The minimum atomic E-state index is -1.21. The Kier molecular flexibility index (Phi) is 8.56. The monoisotopic (exact) mass is 381 g/mol. The van der Waals surface area contributed by atoms with Crippen LogP contribution in [0.25, 0.3) is 0 Å². The second-order valence-electron chi connectivity index (χ2n) is 5.79. The number of hydrogen-bond acceptors (Lipinski definition) is 7. The van der Waals surface area contributed by atoms with Gasteiger partial charge in [0.15, 0.2) is 0 Å². The molecule has 0 saturated carbocycles. The predicted octanol–water partition coefficient (Wildman–Crippen LogP) is 0.828. The van der Waals surface area contributed by atoms with Gasteiger partial charge in [0.2, 0.25) is 5.78 Å². The van der Waals surface area contributed by atoms with E-state index in [1.54, 1.807) is 31.2 Å². The predicted molar refractivity (Wildman–Crippen MR) is 98.4 cm³/mol. The van der Waals surface area contributed by atoms with Crippen molar-refractivity contribution < 1.29 is 30.0 Å². The Labute approximate surface area is 155 Å². The Morgan fingerprint density at radius 2 is 1.58 bits per heavy atom. The van der Waals surface area contributed by atoms with Crippen molar-refractivity contribution in [1.82, 2.24) is 0 Å². The molecule has 6 N–H and O–H groups in total. The summed E-state index contributed by atoms with van der Waals surface area (Å²) in [5.74, 6) is -1.52. The van der Waals surface area contributed by atoms with Gasteiger partial charge in [0, 0.05) is 10.4 Å². The molecular weight excluding hydrogens is 358 g/mol. The van der Waals surface area contributed by atoms with E-state index >= 15 is 0 Å². The van der Waals surface area contributed by atoms with Crippen LogP contribution in [0.2, 0.25) is 0 Å². The number of aliphatic carboxylic acids is 1. The van der Waals surface area contributed by atoms with Crippen molar-refractivity contribution in [3.63, 3.8) is 0 Å². The van der Waals surface area contributed by atoms with E-state index in [1.807, 2.05) is 18.2 Å². The SMILES string of the molecule is CC(C(=O)O)c1ccc(C(=O)c2ccccc2)s1.NC(CO)(CO)CO. The molecule has 7 nitrogen and oxygen atoms in total. The minimum Gasteiger partial charge on any atom is -0.481 e. The largest absolute Gasteiger partial charge is 0.481 e. The number of hydrogen-bond donors (Lipinski definition) is 5. The first-order valence-corrected chi connectivity index (χ1v) is 8.63. The topological polar surface area (TPSA) is 141 Å². The standard InChI is InChI=1S/C14H12O3S.C4H11NO3/c1-9(14(16)17)11-7-8-12(18-11)13(15)10-5-3-2-4-6-10;5-4(1-6,2-7)3-8/h2-9H,1H3,(H,16,17);6-8H,1-3,5H2. The molecule has 0 spiro atoms. The van der Waals surface area contributed by atoms with E-state index in [2.05, 4.69) is 0 Å². The van der Waals surface area contributed by atoms with Crippen molar-refractivity contribution in [2.45, 2.75) is 18.4 Å².